The van der Waals surface area contributed by atoms with Crippen molar-refractivity contribution in [2.24, 2.45) is 17.6 Å². The van der Waals surface area contributed by atoms with Crippen molar-refractivity contribution in [1.29, 1.82) is 0 Å². The molecule has 2 fully saturated rings. The molecular formula is C22H31N5OS. The Labute approximate surface area is 176 Å². The van der Waals surface area contributed by atoms with E-state index in [0.717, 1.165) is 67.8 Å². The van der Waals surface area contributed by atoms with Gasteiger partial charge in [-0.05, 0) is 69.5 Å². The average Bonchev–Trinajstić information content (AvgIpc) is 3.30. The van der Waals surface area contributed by atoms with Gasteiger partial charge in [-0.3, -0.25) is 9.69 Å². The van der Waals surface area contributed by atoms with Crippen LogP contribution in [0.2, 0.25) is 0 Å². The number of likely N-dealkylation sites (tertiary alicyclic amines) is 1. The van der Waals surface area contributed by atoms with Gasteiger partial charge >= 0.3 is 0 Å². The molecule has 2 aliphatic heterocycles. The number of thiophene rings is 1. The summed E-state index contributed by atoms with van der Waals surface area (Å²) in [4.78, 5) is 29.4. The molecule has 6 nitrogen and oxygen atoms in total. The third-order valence-electron chi connectivity index (χ3n) is 6.96. The molecule has 29 heavy (non-hydrogen) atoms. The van der Waals surface area contributed by atoms with Crippen LogP contribution in [0.5, 0.6) is 0 Å². The molecule has 0 radical (unpaired) electrons. The Morgan fingerprint density at radius 1 is 1.14 bits per heavy atom. The predicted molar refractivity (Wildman–Crippen MR) is 117 cm³/mol. The zero-order valence-electron chi connectivity index (χ0n) is 17.3. The number of aromatic nitrogens is 2. The van der Waals surface area contributed by atoms with Crippen molar-refractivity contribution in [3.05, 3.63) is 16.3 Å². The average molecular weight is 414 g/mol. The summed E-state index contributed by atoms with van der Waals surface area (Å²) < 4.78 is 0. The number of fused-ring (bicyclic) bond motifs is 3. The van der Waals surface area contributed by atoms with E-state index in [4.69, 9.17) is 15.7 Å². The van der Waals surface area contributed by atoms with Gasteiger partial charge in [-0.15, -0.1) is 11.3 Å². The molecule has 2 N–H and O–H groups in total. The Balaban J connectivity index is 1.50. The first-order valence-corrected chi connectivity index (χ1v) is 12.0. The number of carbonyl (C=O) groups is 1. The van der Waals surface area contributed by atoms with Crippen LogP contribution < -0.4 is 10.6 Å². The summed E-state index contributed by atoms with van der Waals surface area (Å²) in [6.07, 6.45) is 7.92. The zero-order chi connectivity index (χ0) is 20.0. The highest BCUT2D eigenvalue weighted by Crippen LogP contribution is 2.41. The van der Waals surface area contributed by atoms with E-state index in [1.165, 1.54) is 41.5 Å². The van der Waals surface area contributed by atoms with Gasteiger partial charge in [0.2, 0.25) is 5.91 Å². The smallest absolute Gasteiger partial charge is 0.222 e. The minimum atomic E-state index is -0.182. The first-order chi connectivity index (χ1) is 14.1. The van der Waals surface area contributed by atoms with E-state index in [9.17, 15) is 4.79 Å². The molecule has 7 heteroatoms. The molecule has 0 bridgehead atoms. The molecule has 5 rings (SSSR count). The molecule has 0 aromatic carbocycles. The minimum absolute atomic E-state index is 0.0764. The lowest BCUT2D eigenvalue weighted by atomic mass is 9.97. The lowest BCUT2D eigenvalue weighted by Crippen LogP contribution is -2.41. The molecule has 1 aliphatic carbocycles. The molecule has 0 unspecified atom stereocenters. The molecule has 2 aromatic rings. The third-order valence-corrected chi connectivity index (χ3v) is 8.14. The molecule has 156 valence electrons. The summed E-state index contributed by atoms with van der Waals surface area (Å²) in [5.41, 5.74) is 7.11. The molecule has 3 aliphatic rings. The zero-order valence-corrected chi connectivity index (χ0v) is 18.1. The summed E-state index contributed by atoms with van der Waals surface area (Å²) >= 11 is 1.86. The second-order valence-electron chi connectivity index (χ2n) is 9.15. The number of hydrogen-bond acceptors (Lipinski definition) is 6. The second-order valence-corrected chi connectivity index (χ2v) is 10.2. The number of nitrogens with two attached hydrogens (primary N) is 1. The van der Waals surface area contributed by atoms with Crippen LogP contribution in [0.3, 0.4) is 0 Å². The molecule has 1 amide bonds. The van der Waals surface area contributed by atoms with Crippen molar-refractivity contribution in [2.75, 3.05) is 31.1 Å². The highest BCUT2D eigenvalue weighted by atomic mass is 32.1. The number of piperidine rings is 2. The van der Waals surface area contributed by atoms with Crippen molar-refractivity contribution in [3.8, 4) is 0 Å². The van der Waals surface area contributed by atoms with Gasteiger partial charge in [0.15, 0.2) is 0 Å². The highest BCUT2D eigenvalue weighted by Gasteiger charge is 2.30. The van der Waals surface area contributed by atoms with Gasteiger partial charge in [0, 0.05) is 18.0 Å². The molecular weight excluding hydrogens is 382 g/mol. The first kappa shape index (κ1) is 19.2. The van der Waals surface area contributed by atoms with Crippen LogP contribution in [0.25, 0.3) is 10.2 Å². The number of anilines is 1. The summed E-state index contributed by atoms with van der Waals surface area (Å²) in [7, 11) is 0. The Hall–Kier alpha value is -1.73. The van der Waals surface area contributed by atoms with Crippen LogP contribution >= 0.6 is 11.3 Å². The fraction of sp³-hybridized carbons (Fsp3) is 0.682. The SMILES string of the molecule is CC1CCN(Cc2nc(N3CCC[C@@H](C(N)=O)C3)c3c4c(sc3n2)CCC4)CC1. The van der Waals surface area contributed by atoms with E-state index < -0.39 is 0 Å². The molecule has 0 spiro atoms. The standard InChI is InChI=1S/C22H31N5OS/c1-14-7-10-26(11-8-14)13-18-24-21(27-9-3-4-15(12-27)20(23)28)19-16-5-2-6-17(16)29-22(19)25-18/h14-15H,2-13H2,1H3,(H2,23,28)/t15-/m1/s1. The maximum absolute atomic E-state index is 11.8. The number of rotatable bonds is 4. The largest absolute Gasteiger partial charge is 0.369 e. The van der Waals surface area contributed by atoms with Crippen molar-refractivity contribution in [1.82, 2.24) is 14.9 Å². The number of aryl methyl sites for hydroxylation is 2. The number of primary amides is 1. The van der Waals surface area contributed by atoms with Gasteiger partial charge in [0.1, 0.15) is 16.5 Å². The number of carbonyl (C=O) groups excluding carboxylic acids is 1. The van der Waals surface area contributed by atoms with Crippen LogP contribution in [0, 0.1) is 11.8 Å². The van der Waals surface area contributed by atoms with Gasteiger partial charge in [-0.1, -0.05) is 6.92 Å². The monoisotopic (exact) mass is 413 g/mol. The summed E-state index contributed by atoms with van der Waals surface area (Å²) in [6, 6.07) is 0. The Bertz CT molecular complexity index is 918. The second kappa shape index (κ2) is 7.84. The van der Waals surface area contributed by atoms with Crippen LogP contribution in [0.15, 0.2) is 0 Å². The van der Waals surface area contributed by atoms with Gasteiger partial charge in [-0.2, -0.15) is 0 Å². The van der Waals surface area contributed by atoms with E-state index in [-0.39, 0.29) is 11.8 Å². The highest BCUT2D eigenvalue weighted by molar-refractivity contribution is 7.19. The Morgan fingerprint density at radius 3 is 2.76 bits per heavy atom. The van der Waals surface area contributed by atoms with E-state index >= 15 is 0 Å². The van der Waals surface area contributed by atoms with Crippen molar-refractivity contribution >= 4 is 33.3 Å². The van der Waals surface area contributed by atoms with E-state index in [0.29, 0.717) is 6.54 Å². The normalized spacial score (nSPS) is 23.6. The number of hydrogen-bond donors (Lipinski definition) is 1. The summed E-state index contributed by atoms with van der Waals surface area (Å²) in [6.45, 7) is 7.06. The van der Waals surface area contributed by atoms with E-state index in [1.54, 1.807) is 0 Å². The van der Waals surface area contributed by atoms with E-state index in [1.807, 2.05) is 11.3 Å². The maximum Gasteiger partial charge on any atom is 0.222 e. The molecule has 4 heterocycles. The van der Waals surface area contributed by atoms with Crippen LogP contribution in [0.1, 0.15) is 55.3 Å². The minimum Gasteiger partial charge on any atom is -0.369 e. The van der Waals surface area contributed by atoms with Crippen molar-refractivity contribution < 1.29 is 4.79 Å². The first-order valence-electron chi connectivity index (χ1n) is 11.2. The van der Waals surface area contributed by atoms with Crippen molar-refractivity contribution in [3.63, 3.8) is 0 Å². The van der Waals surface area contributed by atoms with Gasteiger partial charge < -0.3 is 10.6 Å². The topological polar surface area (TPSA) is 75.3 Å². The van der Waals surface area contributed by atoms with E-state index in [2.05, 4.69) is 16.7 Å². The van der Waals surface area contributed by atoms with Crippen LogP contribution in [-0.2, 0) is 24.2 Å². The van der Waals surface area contributed by atoms with Gasteiger partial charge in [0.25, 0.3) is 0 Å². The summed E-state index contributed by atoms with van der Waals surface area (Å²) in [5.74, 6) is 2.55. The van der Waals surface area contributed by atoms with Crippen LogP contribution in [-0.4, -0.2) is 47.0 Å². The molecule has 1 atom stereocenters. The number of amides is 1. The Kier molecular flexibility index (Phi) is 5.20. The maximum atomic E-state index is 11.8. The molecule has 0 saturated carbocycles. The van der Waals surface area contributed by atoms with Gasteiger partial charge in [0.05, 0.1) is 17.8 Å². The Morgan fingerprint density at radius 2 is 1.97 bits per heavy atom. The molecule has 2 saturated heterocycles. The van der Waals surface area contributed by atoms with Gasteiger partial charge in [-0.25, -0.2) is 9.97 Å². The number of nitrogens with zero attached hydrogens (tertiary/aromatic N) is 4. The quantitative estimate of drug-likeness (QED) is 0.834. The fourth-order valence-electron chi connectivity index (χ4n) is 5.14. The predicted octanol–water partition coefficient (Wildman–Crippen LogP) is 3.11. The fourth-order valence-corrected chi connectivity index (χ4v) is 6.42. The lowest BCUT2D eigenvalue weighted by molar-refractivity contribution is -0.122. The molecule has 2 aromatic heterocycles. The van der Waals surface area contributed by atoms with Crippen molar-refractivity contribution in [2.45, 2.75) is 58.4 Å². The third kappa shape index (κ3) is 3.75. The lowest BCUT2D eigenvalue weighted by Gasteiger charge is -2.33. The summed E-state index contributed by atoms with van der Waals surface area (Å²) in [5, 5.41) is 1.25. The van der Waals surface area contributed by atoms with Crippen LogP contribution in [0.4, 0.5) is 5.82 Å².